The van der Waals surface area contributed by atoms with Crippen LogP contribution in [0.3, 0.4) is 0 Å². The van der Waals surface area contributed by atoms with E-state index in [-0.39, 0.29) is 12.6 Å². The fraction of sp³-hybridized carbons (Fsp3) is 0.389. The Morgan fingerprint density at radius 3 is 3.04 bits per heavy atom. The Bertz CT molecular complexity index is 901. The maximum atomic E-state index is 9.57. The van der Waals surface area contributed by atoms with Crippen LogP contribution in [0.4, 0.5) is 11.6 Å². The Morgan fingerprint density at radius 2 is 2.30 bits per heavy atom. The highest BCUT2D eigenvalue weighted by molar-refractivity contribution is 9.10. The van der Waals surface area contributed by atoms with Crippen molar-refractivity contribution in [3.63, 3.8) is 0 Å². The van der Waals surface area contributed by atoms with E-state index in [9.17, 15) is 5.11 Å². The fourth-order valence-electron chi connectivity index (χ4n) is 2.81. The van der Waals surface area contributed by atoms with E-state index >= 15 is 0 Å². The van der Waals surface area contributed by atoms with Crippen LogP contribution >= 0.6 is 15.9 Å². The van der Waals surface area contributed by atoms with Crippen LogP contribution in [0, 0.1) is 0 Å². The summed E-state index contributed by atoms with van der Waals surface area (Å²) in [5.41, 5.74) is 1.76. The minimum absolute atomic E-state index is 0.0331. The minimum atomic E-state index is -0.0331. The molecule has 0 saturated carbocycles. The van der Waals surface area contributed by atoms with Crippen molar-refractivity contribution in [2.45, 2.75) is 32.4 Å². The number of aromatic nitrogens is 4. The van der Waals surface area contributed by atoms with Crippen LogP contribution in [0.1, 0.15) is 25.3 Å². The monoisotopic (exact) mass is 435 g/mol. The predicted octanol–water partition coefficient (Wildman–Crippen LogP) is 2.02. The Kier molecular flexibility index (Phi) is 6.46. The second kappa shape index (κ2) is 9.01. The van der Waals surface area contributed by atoms with Gasteiger partial charge >= 0.3 is 0 Å². The van der Waals surface area contributed by atoms with E-state index in [1.165, 1.54) is 0 Å². The first kappa shape index (κ1) is 19.4. The number of aliphatic hydroxyl groups is 1. The number of nitrogens with one attached hydrogen (secondary N) is 2. The second-order valence-corrected chi connectivity index (χ2v) is 7.03. The lowest BCUT2D eigenvalue weighted by molar-refractivity contribution is -0.885. The molecule has 3 aromatic rings. The molecule has 144 valence electrons. The van der Waals surface area contributed by atoms with Crippen molar-refractivity contribution in [1.29, 1.82) is 0 Å². The number of aliphatic hydroxyl groups excluding tert-OH is 1. The minimum Gasteiger partial charge on any atom is -0.394 e. The summed E-state index contributed by atoms with van der Waals surface area (Å²) in [6, 6.07) is 5.81. The van der Waals surface area contributed by atoms with Gasteiger partial charge < -0.3 is 15.7 Å². The van der Waals surface area contributed by atoms with Crippen molar-refractivity contribution in [2.24, 2.45) is 0 Å². The summed E-state index contributed by atoms with van der Waals surface area (Å²) in [6.07, 6.45) is 7.31. The third-order valence-electron chi connectivity index (χ3n) is 4.16. The third-order valence-corrected chi connectivity index (χ3v) is 4.72. The largest absolute Gasteiger partial charge is 0.394 e. The molecule has 0 spiro atoms. The Morgan fingerprint density at radius 1 is 1.44 bits per heavy atom. The van der Waals surface area contributed by atoms with Gasteiger partial charge in [0.2, 0.25) is 12.4 Å². The molecule has 9 heteroatoms. The van der Waals surface area contributed by atoms with E-state index in [0.717, 1.165) is 28.7 Å². The first-order chi connectivity index (χ1) is 13.1. The number of hydrogen-bond acceptors (Lipinski definition) is 6. The normalized spacial score (nSPS) is 12.1. The molecule has 0 radical (unpaired) electrons. The van der Waals surface area contributed by atoms with Gasteiger partial charge in [0.05, 0.1) is 23.3 Å². The first-order valence-corrected chi connectivity index (χ1v) is 9.64. The average Bonchev–Trinajstić information content (AvgIpc) is 3.07. The van der Waals surface area contributed by atoms with Gasteiger partial charge in [-0.25, -0.2) is 4.98 Å². The van der Waals surface area contributed by atoms with Crippen molar-refractivity contribution in [1.82, 2.24) is 14.6 Å². The fourth-order valence-corrected chi connectivity index (χ4v) is 3.16. The van der Waals surface area contributed by atoms with E-state index in [4.69, 9.17) is 4.84 Å². The van der Waals surface area contributed by atoms with Gasteiger partial charge in [0.15, 0.2) is 5.65 Å². The number of fused-ring (bicyclic) bond motifs is 1. The molecule has 0 saturated heterocycles. The smallest absolute Gasteiger partial charge is 0.227 e. The number of pyridine rings is 1. The van der Waals surface area contributed by atoms with Gasteiger partial charge in [-0.1, -0.05) is 13.3 Å². The molecule has 3 aromatic heterocycles. The molecule has 0 amide bonds. The predicted molar refractivity (Wildman–Crippen MR) is 107 cm³/mol. The van der Waals surface area contributed by atoms with Crippen LogP contribution < -0.4 is 20.2 Å². The van der Waals surface area contributed by atoms with Gasteiger partial charge in [-0.05, 0) is 28.4 Å². The van der Waals surface area contributed by atoms with E-state index in [1.54, 1.807) is 22.6 Å². The highest BCUT2D eigenvalue weighted by Gasteiger charge is 2.13. The molecule has 8 nitrogen and oxygen atoms in total. The zero-order valence-corrected chi connectivity index (χ0v) is 17.0. The number of halogens is 1. The molecule has 0 aliphatic rings. The van der Waals surface area contributed by atoms with Gasteiger partial charge in [0.25, 0.3) is 0 Å². The van der Waals surface area contributed by atoms with Gasteiger partial charge in [-0.2, -0.15) is 9.61 Å². The van der Waals surface area contributed by atoms with Crippen LogP contribution in [0.15, 0.2) is 41.3 Å². The maximum absolute atomic E-state index is 9.57. The summed E-state index contributed by atoms with van der Waals surface area (Å²) >= 11 is 3.49. The number of nitrogens with zero attached hydrogens (tertiary/aromatic N) is 4. The highest BCUT2D eigenvalue weighted by atomic mass is 79.9. The molecule has 0 aliphatic carbocycles. The van der Waals surface area contributed by atoms with Crippen molar-refractivity contribution in [3.8, 4) is 0 Å². The number of hydrogen-bond donors (Lipinski definition) is 3. The SMILES string of the molecule is CCC[C@H](CO)Nc1cc(NCc2ccc[n+](OC)c2)n2ncc(Br)c2n1. The van der Waals surface area contributed by atoms with Crippen LogP contribution in [0.5, 0.6) is 0 Å². The Hall–Kier alpha value is -2.39. The maximum Gasteiger partial charge on any atom is 0.227 e. The van der Waals surface area contributed by atoms with E-state index in [0.29, 0.717) is 18.0 Å². The van der Waals surface area contributed by atoms with Gasteiger partial charge in [-0.15, -0.1) is 0 Å². The molecule has 1 atom stereocenters. The molecule has 0 unspecified atom stereocenters. The van der Waals surface area contributed by atoms with E-state index < -0.39 is 0 Å². The zero-order valence-electron chi connectivity index (χ0n) is 15.4. The lowest BCUT2D eigenvalue weighted by atomic mass is 10.2. The molecule has 3 N–H and O–H groups in total. The Balaban J connectivity index is 1.86. The summed E-state index contributed by atoms with van der Waals surface area (Å²) in [5.74, 6) is 1.49. The van der Waals surface area contributed by atoms with Crippen LogP contribution in [0.2, 0.25) is 0 Å². The van der Waals surface area contributed by atoms with Crippen LogP contribution in [-0.4, -0.2) is 39.5 Å². The molecule has 0 fully saturated rings. The highest BCUT2D eigenvalue weighted by Crippen LogP contribution is 2.23. The van der Waals surface area contributed by atoms with E-state index in [1.807, 2.05) is 30.6 Å². The molecule has 3 rings (SSSR count). The summed E-state index contributed by atoms with van der Waals surface area (Å²) in [6.45, 7) is 2.75. The van der Waals surface area contributed by atoms with Crippen molar-refractivity contribution in [3.05, 3.63) is 46.8 Å². The zero-order chi connectivity index (χ0) is 19.2. The topological polar surface area (TPSA) is 87.6 Å². The quantitative estimate of drug-likeness (QED) is 0.445. The van der Waals surface area contributed by atoms with Gasteiger partial charge in [-0.3, -0.25) is 4.84 Å². The van der Waals surface area contributed by atoms with Crippen molar-refractivity contribution >= 4 is 33.2 Å². The first-order valence-electron chi connectivity index (χ1n) is 8.84. The average molecular weight is 436 g/mol. The summed E-state index contributed by atoms with van der Waals surface area (Å²) in [7, 11) is 1.62. The molecule has 0 aliphatic heterocycles. The third kappa shape index (κ3) is 4.67. The molecular weight excluding hydrogens is 412 g/mol. The molecule has 0 aromatic carbocycles. The second-order valence-electron chi connectivity index (χ2n) is 6.18. The summed E-state index contributed by atoms with van der Waals surface area (Å²) in [5, 5.41) is 20.7. The molecular formula is C18H24BrN6O2+. The van der Waals surface area contributed by atoms with Gasteiger partial charge in [0.1, 0.15) is 18.7 Å². The molecule has 27 heavy (non-hydrogen) atoms. The Labute approximate surface area is 166 Å². The number of anilines is 2. The molecule has 0 bridgehead atoms. The van der Waals surface area contributed by atoms with Crippen molar-refractivity contribution in [2.75, 3.05) is 24.4 Å². The van der Waals surface area contributed by atoms with Crippen LogP contribution in [0.25, 0.3) is 5.65 Å². The lowest BCUT2D eigenvalue weighted by Gasteiger charge is -2.17. The summed E-state index contributed by atoms with van der Waals surface area (Å²) < 4.78 is 4.20. The van der Waals surface area contributed by atoms with E-state index in [2.05, 4.69) is 43.6 Å². The molecule has 3 heterocycles. The standard InChI is InChI=1S/C18H24BrN6O2/c1-3-5-14(12-26)22-16-8-17(25-18(23-16)15(19)10-21-25)20-9-13-6-4-7-24(11-13)27-2/h4,6-8,10-11,14,20,26H,3,5,9,12H2,1-2H3,(H,22,23)/q+1/t14-/m1/s1. The van der Waals surface area contributed by atoms with Crippen molar-refractivity contribution < 1.29 is 14.7 Å². The number of rotatable bonds is 9. The summed E-state index contributed by atoms with van der Waals surface area (Å²) in [4.78, 5) is 9.82. The van der Waals surface area contributed by atoms with Gasteiger partial charge in [0, 0.05) is 29.0 Å². The van der Waals surface area contributed by atoms with Crippen LogP contribution in [-0.2, 0) is 6.54 Å². The lowest BCUT2D eigenvalue weighted by Crippen LogP contribution is -2.40.